The maximum absolute atomic E-state index is 13.0. The summed E-state index contributed by atoms with van der Waals surface area (Å²) in [5, 5.41) is 0.0911. The van der Waals surface area contributed by atoms with Gasteiger partial charge in [-0.2, -0.15) is 13.2 Å². The van der Waals surface area contributed by atoms with Crippen molar-refractivity contribution in [3.05, 3.63) is 58.6 Å². The van der Waals surface area contributed by atoms with Crippen LogP contribution >= 0.6 is 11.6 Å². The molecule has 1 aliphatic rings. The van der Waals surface area contributed by atoms with Crippen molar-refractivity contribution in [3.63, 3.8) is 0 Å². The summed E-state index contributed by atoms with van der Waals surface area (Å²) in [7, 11) is -4.13. The van der Waals surface area contributed by atoms with E-state index in [4.69, 9.17) is 11.6 Å². The van der Waals surface area contributed by atoms with Crippen molar-refractivity contribution in [1.82, 2.24) is 4.72 Å². The molecule has 4 nitrogen and oxygen atoms in total. The standard InChI is InChI=1S/C18H14ClF6NO3S/c19-15-6-1-11(17(20,21)22)9-14(15)16(7-8-16)10-26-30(27,28)13-4-2-12(3-5-13)29-18(23,24)25/h1-6,9,26H,7-8,10H2. The lowest BCUT2D eigenvalue weighted by molar-refractivity contribution is -0.274. The number of sulfonamides is 1. The SMILES string of the molecule is O=S(=O)(NCC1(c2cc(C(F)(F)F)ccc2Cl)CC1)c1ccc(OC(F)(F)F)cc1. The van der Waals surface area contributed by atoms with Crippen molar-refractivity contribution in [2.45, 2.75) is 35.7 Å². The molecular weight excluding hydrogens is 460 g/mol. The third-order valence-electron chi connectivity index (χ3n) is 4.69. The lowest BCUT2D eigenvalue weighted by Gasteiger charge is -2.20. The molecule has 30 heavy (non-hydrogen) atoms. The fraction of sp³-hybridized carbons (Fsp3) is 0.333. The van der Waals surface area contributed by atoms with E-state index in [1.54, 1.807) is 0 Å². The first kappa shape index (κ1) is 22.7. The van der Waals surface area contributed by atoms with E-state index in [0.29, 0.717) is 12.8 Å². The van der Waals surface area contributed by atoms with E-state index in [1.165, 1.54) is 0 Å². The van der Waals surface area contributed by atoms with Crippen molar-refractivity contribution in [2.75, 3.05) is 6.54 Å². The molecule has 1 N–H and O–H groups in total. The van der Waals surface area contributed by atoms with Crippen LogP contribution in [-0.2, 0) is 21.6 Å². The Kier molecular flexibility index (Phi) is 5.76. The number of rotatable bonds is 6. The Labute approximate surface area is 172 Å². The van der Waals surface area contributed by atoms with Gasteiger partial charge in [-0.3, -0.25) is 0 Å². The molecule has 2 aromatic rings. The zero-order chi connectivity index (χ0) is 22.4. The Hall–Kier alpha value is -1.98. The predicted octanol–water partition coefficient (Wildman–Crippen LogP) is 5.27. The smallest absolute Gasteiger partial charge is 0.406 e. The minimum absolute atomic E-state index is 0.0911. The summed E-state index contributed by atoms with van der Waals surface area (Å²) in [6, 6.07) is 6.43. The molecule has 0 radical (unpaired) electrons. The zero-order valence-corrected chi connectivity index (χ0v) is 16.5. The minimum atomic E-state index is -4.92. The first-order valence-corrected chi connectivity index (χ1v) is 10.3. The topological polar surface area (TPSA) is 55.4 Å². The highest BCUT2D eigenvalue weighted by Gasteiger charge is 2.47. The monoisotopic (exact) mass is 473 g/mol. The largest absolute Gasteiger partial charge is 0.573 e. The number of hydrogen-bond acceptors (Lipinski definition) is 3. The summed E-state index contributed by atoms with van der Waals surface area (Å²) in [5.41, 5.74) is -1.59. The summed E-state index contributed by atoms with van der Waals surface area (Å²) >= 11 is 6.06. The van der Waals surface area contributed by atoms with Gasteiger partial charge in [0.05, 0.1) is 10.5 Å². The summed E-state index contributed by atoms with van der Waals surface area (Å²) < 4.78 is 107. The average Bonchev–Trinajstić information content (AvgIpc) is 3.40. The van der Waals surface area contributed by atoms with Gasteiger partial charge < -0.3 is 4.74 Å². The van der Waals surface area contributed by atoms with E-state index >= 15 is 0 Å². The third kappa shape index (κ3) is 5.19. The van der Waals surface area contributed by atoms with Crippen LogP contribution in [0.4, 0.5) is 26.3 Å². The number of hydrogen-bond donors (Lipinski definition) is 1. The molecule has 0 aromatic heterocycles. The fourth-order valence-electron chi connectivity index (χ4n) is 2.94. The molecule has 0 aliphatic heterocycles. The van der Waals surface area contributed by atoms with Crippen molar-refractivity contribution < 1.29 is 39.5 Å². The molecule has 0 unspecified atom stereocenters. The highest BCUT2D eigenvalue weighted by molar-refractivity contribution is 7.89. The Morgan fingerprint density at radius 1 is 1.00 bits per heavy atom. The van der Waals surface area contributed by atoms with E-state index in [-0.39, 0.29) is 22.0 Å². The Morgan fingerprint density at radius 2 is 1.60 bits per heavy atom. The lowest BCUT2D eigenvalue weighted by Crippen LogP contribution is -2.32. The molecule has 0 atom stereocenters. The summed E-state index contributed by atoms with van der Waals surface area (Å²) in [6.07, 6.45) is -8.64. The van der Waals surface area contributed by atoms with Gasteiger partial charge in [-0.25, -0.2) is 13.1 Å². The average molecular weight is 474 g/mol. The molecule has 3 rings (SSSR count). The van der Waals surface area contributed by atoms with Gasteiger partial charge in [-0.15, -0.1) is 13.2 Å². The van der Waals surface area contributed by atoms with Gasteiger partial charge in [0.2, 0.25) is 10.0 Å². The molecule has 1 fully saturated rings. The summed E-state index contributed by atoms with van der Waals surface area (Å²) in [5.74, 6) is -0.587. The van der Waals surface area contributed by atoms with Crippen LogP contribution in [0.25, 0.3) is 0 Å². The van der Waals surface area contributed by atoms with E-state index in [9.17, 15) is 34.8 Å². The molecule has 0 amide bonds. The quantitative estimate of drug-likeness (QED) is 0.582. The van der Waals surface area contributed by atoms with Crippen LogP contribution in [0.1, 0.15) is 24.0 Å². The van der Waals surface area contributed by atoms with E-state index in [1.807, 2.05) is 0 Å². The third-order valence-corrected chi connectivity index (χ3v) is 6.43. The van der Waals surface area contributed by atoms with Gasteiger partial charge >= 0.3 is 12.5 Å². The predicted molar refractivity (Wildman–Crippen MR) is 95.7 cm³/mol. The van der Waals surface area contributed by atoms with Crippen LogP contribution in [0.3, 0.4) is 0 Å². The number of nitrogens with one attached hydrogen (secondary N) is 1. The van der Waals surface area contributed by atoms with Crippen LogP contribution in [0.2, 0.25) is 5.02 Å². The first-order chi connectivity index (χ1) is 13.7. The van der Waals surface area contributed by atoms with Crippen molar-refractivity contribution in [2.24, 2.45) is 0 Å². The Bertz CT molecular complexity index is 1030. The zero-order valence-electron chi connectivity index (χ0n) is 14.9. The van der Waals surface area contributed by atoms with Crippen LogP contribution in [0.15, 0.2) is 47.4 Å². The highest BCUT2D eigenvalue weighted by Crippen LogP contribution is 2.51. The minimum Gasteiger partial charge on any atom is -0.406 e. The van der Waals surface area contributed by atoms with Gasteiger partial charge in [-0.1, -0.05) is 11.6 Å². The molecule has 2 aromatic carbocycles. The highest BCUT2D eigenvalue weighted by atomic mass is 35.5. The van der Waals surface area contributed by atoms with Crippen molar-refractivity contribution in [3.8, 4) is 5.75 Å². The van der Waals surface area contributed by atoms with Crippen LogP contribution in [-0.4, -0.2) is 21.3 Å². The maximum Gasteiger partial charge on any atom is 0.573 e. The lowest BCUT2D eigenvalue weighted by atomic mass is 9.94. The van der Waals surface area contributed by atoms with Gasteiger partial charge in [-0.05, 0) is 60.9 Å². The Morgan fingerprint density at radius 3 is 2.10 bits per heavy atom. The summed E-state index contributed by atoms with van der Waals surface area (Å²) in [4.78, 5) is -0.317. The molecule has 0 bridgehead atoms. The molecule has 1 saturated carbocycles. The van der Waals surface area contributed by atoms with Crippen molar-refractivity contribution >= 4 is 21.6 Å². The van der Waals surface area contributed by atoms with Gasteiger partial charge in [0.25, 0.3) is 0 Å². The normalized spacial score (nSPS) is 16.4. The van der Waals surface area contributed by atoms with Gasteiger partial charge in [0, 0.05) is 17.0 Å². The van der Waals surface area contributed by atoms with Crippen LogP contribution < -0.4 is 9.46 Å². The van der Waals surface area contributed by atoms with E-state index < -0.39 is 39.3 Å². The molecule has 1 aliphatic carbocycles. The molecule has 0 heterocycles. The number of halogens is 7. The number of alkyl halides is 6. The van der Waals surface area contributed by atoms with Crippen LogP contribution in [0.5, 0.6) is 5.75 Å². The molecular formula is C18H14ClF6NO3S. The molecule has 0 spiro atoms. The second-order valence-corrected chi connectivity index (χ2v) is 8.99. The molecule has 164 valence electrons. The fourth-order valence-corrected chi connectivity index (χ4v) is 4.38. The maximum atomic E-state index is 13.0. The van der Waals surface area contributed by atoms with Gasteiger partial charge in [0.15, 0.2) is 0 Å². The van der Waals surface area contributed by atoms with E-state index in [0.717, 1.165) is 42.5 Å². The first-order valence-electron chi connectivity index (χ1n) is 8.45. The number of benzene rings is 2. The van der Waals surface area contributed by atoms with Crippen LogP contribution in [0, 0.1) is 0 Å². The molecule has 12 heteroatoms. The van der Waals surface area contributed by atoms with Gasteiger partial charge in [0.1, 0.15) is 5.75 Å². The Balaban J connectivity index is 1.76. The molecule has 0 saturated heterocycles. The number of ether oxygens (including phenoxy) is 1. The van der Waals surface area contributed by atoms with Crippen molar-refractivity contribution in [1.29, 1.82) is 0 Å². The second kappa shape index (κ2) is 7.61. The second-order valence-electron chi connectivity index (χ2n) is 6.82. The van der Waals surface area contributed by atoms with E-state index in [2.05, 4.69) is 9.46 Å². The summed E-state index contributed by atoms with van der Waals surface area (Å²) in [6.45, 7) is -0.211.